The van der Waals surface area contributed by atoms with Crippen molar-refractivity contribution >= 4 is 34.5 Å². The van der Waals surface area contributed by atoms with Crippen LogP contribution in [0, 0.1) is 6.92 Å². The second-order valence-electron chi connectivity index (χ2n) is 4.56. The second-order valence-corrected chi connectivity index (χ2v) is 6.16. The van der Waals surface area contributed by atoms with Crippen LogP contribution in [0.25, 0.3) is 11.3 Å². The molecule has 0 unspecified atom stereocenters. The number of aryl methyl sites for hydroxylation is 1. The first-order valence-corrected chi connectivity index (χ1v) is 7.86. The van der Waals surface area contributed by atoms with E-state index in [9.17, 15) is 0 Å². The Morgan fingerprint density at radius 1 is 1.20 bits per heavy atom. The summed E-state index contributed by atoms with van der Waals surface area (Å²) in [4.78, 5) is 7.97. The van der Waals surface area contributed by atoms with E-state index in [-0.39, 0.29) is 0 Å². The van der Waals surface area contributed by atoms with Gasteiger partial charge in [-0.3, -0.25) is 0 Å². The van der Waals surface area contributed by atoms with E-state index in [1.807, 2.05) is 25.1 Å². The SMILES string of the molecule is Cc1[nH]c(Cc2ccsc2)nc1-c1c(Cl)cccc1Cl. The molecule has 0 fully saturated rings. The summed E-state index contributed by atoms with van der Waals surface area (Å²) in [6.07, 6.45) is 0.784. The van der Waals surface area contributed by atoms with Gasteiger partial charge in [-0.05, 0) is 41.4 Å². The fourth-order valence-corrected chi connectivity index (χ4v) is 3.41. The van der Waals surface area contributed by atoms with E-state index in [2.05, 4.69) is 26.8 Å². The minimum absolute atomic E-state index is 0.620. The van der Waals surface area contributed by atoms with Gasteiger partial charge in [0, 0.05) is 17.7 Å². The summed E-state index contributed by atoms with van der Waals surface area (Å²) in [6.45, 7) is 1.99. The molecule has 3 aromatic rings. The Morgan fingerprint density at radius 3 is 2.60 bits per heavy atom. The molecule has 1 aromatic carbocycles. The first kappa shape index (κ1) is 13.7. The standard InChI is InChI=1S/C15H12Cl2N2S/c1-9-15(14-11(16)3-2-4-12(14)17)19-13(18-9)7-10-5-6-20-8-10/h2-6,8H,7H2,1H3,(H,18,19). The third-order valence-electron chi connectivity index (χ3n) is 3.08. The van der Waals surface area contributed by atoms with Crippen LogP contribution in [0.1, 0.15) is 17.1 Å². The number of hydrogen-bond acceptors (Lipinski definition) is 2. The average Bonchev–Trinajstić information content (AvgIpc) is 3.01. The monoisotopic (exact) mass is 322 g/mol. The zero-order valence-corrected chi connectivity index (χ0v) is 13.1. The number of thiophene rings is 1. The van der Waals surface area contributed by atoms with E-state index in [0.29, 0.717) is 10.0 Å². The molecule has 2 heterocycles. The molecule has 3 rings (SSSR count). The number of nitrogens with one attached hydrogen (secondary N) is 1. The molecule has 0 radical (unpaired) electrons. The maximum absolute atomic E-state index is 6.25. The predicted octanol–water partition coefficient (Wildman–Crippen LogP) is 5.34. The molecule has 0 aliphatic carbocycles. The smallest absolute Gasteiger partial charge is 0.111 e. The molecule has 2 nitrogen and oxygen atoms in total. The first-order chi connectivity index (χ1) is 9.65. The summed E-state index contributed by atoms with van der Waals surface area (Å²) in [7, 11) is 0. The predicted molar refractivity (Wildman–Crippen MR) is 85.9 cm³/mol. The van der Waals surface area contributed by atoms with Crippen LogP contribution in [0.3, 0.4) is 0 Å². The Hall–Kier alpha value is -1.29. The number of hydrogen-bond donors (Lipinski definition) is 1. The summed E-state index contributed by atoms with van der Waals surface area (Å²) < 4.78 is 0. The molecule has 5 heteroatoms. The number of nitrogens with zero attached hydrogens (tertiary/aromatic N) is 1. The summed E-state index contributed by atoms with van der Waals surface area (Å²) in [6, 6.07) is 7.60. The van der Waals surface area contributed by atoms with Gasteiger partial charge in [0.1, 0.15) is 5.82 Å². The maximum Gasteiger partial charge on any atom is 0.111 e. The van der Waals surface area contributed by atoms with Crippen LogP contribution < -0.4 is 0 Å². The van der Waals surface area contributed by atoms with Gasteiger partial charge in [0.2, 0.25) is 0 Å². The van der Waals surface area contributed by atoms with Crippen LogP contribution in [0.4, 0.5) is 0 Å². The molecule has 0 atom stereocenters. The molecule has 20 heavy (non-hydrogen) atoms. The number of halogens is 2. The van der Waals surface area contributed by atoms with Gasteiger partial charge in [-0.25, -0.2) is 4.98 Å². The third kappa shape index (κ3) is 2.62. The number of H-pyrrole nitrogens is 1. The van der Waals surface area contributed by atoms with Crippen molar-refractivity contribution in [1.29, 1.82) is 0 Å². The van der Waals surface area contributed by atoms with Crippen molar-refractivity contribution in [3.63, 3.8) is 0 Å². The van der Waals surface area contributed by atoms with Gasteiger partial charge >= 0.3 is 0 Å². The highest BCUT2D eigenvalue weighted by Crippen LogP contribution is 2.35. The highest BCUT2D eigenvalue weighted by Gasteiger charge is 2.15. The van der Waals surface area contributed by atoms with Crippen LogP contribution in [-0.4, -0.2) is 9.97 Å². The number of benzene rings is 1. The lowest BCUT2D eigenvalue weighted by Gasteiger charge is -2.04. The molecule has 0 bridgehead atoms. The van der Waals surface area contributed by atoms with Crippen LogP contribution >= 0.6 is 34.5 Å². The summed E-state index contributed by atoms with van der Waals surface area (Å²) in [5, 5.41) is 5.43. The molecule has 102 valence electrons. The van der Waals surface area contributed by atoms with Gasteiger partial charge < -0.3 is 4.98 Å². The Kier molecular flexibility index (Phi) is 3.83. The fourth-order valence-electron chi connectivity index (χ4n) is 2.16. The fraction of sp³-hybridized carbons (Fsp3) is 0.133. The lowest BCUT2D eigenvalue weighted by Crippen LogP contribution is -1.88. The molecule has 0 spiro atoms. The van der Waals surface area contributed by atoms with E-state index in [1.54, 1.807) is 11.3 Å². The lowest BCUT2D eigenvalue weighted by molar-refractivity contribution is 1.02. The molecular weight excluding hydrogens is 311 g/mol. The Bertz CT molecular complexity index is 712. The molecule has 0 aliphatic rings. The second kappa shape index (κ2) is 5.60. The quantitative estimate of drug-likeness (QED) is 0.692. The van der Waals surface area contributed by atoms with E-state index < -0.39 is 0 Å². The van der Waals surface area contributed by atoms with Crippen molar-refractivity contribution < 1.29 is 0 Å². The van der Waals surface area contributed by atoms with Gasteiger partial charge in [0.05, 0.1) is 15.7 Å². The molecule has 1 N–H and O–H groups in total. The van der Waals surface area contributed by atoms with E-state index in [0.717, 1.165) is 29.2 Å². The van der Waals surface area contributed by atoms with E-state index >= 15 is 0 Å². The Labute approximate surface area is 131 Å². The molecule has 0 saturated heterocycles. The largest absolute Gasteiger partial charge is 0.345 e. The highest BCUT2D eigenvalue weighted by atomic mass is 35.5. The minimum atomic E-state index is 0.620. The average molecular weight is 323 g/mol. The molecule has 0 amide bonds. The first-order valence-electron chi connectivity index (χ1n) is 6.16. The van der Waals surface area contributed by atoms with Gasteiger partial charge in [-0.1, -0.05) is 29.3 Å². The van der Waals surface area contributed by atoms with Crippen LogP contribution in [0.5, 0.6) is 0 Å². The van der Waals surface area contributed by atoms with Crippen molar-refractivity contribution in [1.82, 2.24) is 9.97 Å². The van der Waals surface area contributed by atoms with Crippen molar-refractivity contribution in [3.05, 3.63) is 62.2 Å². The third-order valence-corrected chi connectivity index (χ3v) is 4.45. The van der Waals surface area contributed by atoms with Gasteiger partial charge in [0.15, 0.2) is 0 Å². The molecule has 2 aromatic heterocycles. The van der Waals surface area contributed by atoms with Gasteiger partial charge in [-0.2, -0.15) is 11.3 Å². The maximum atomic E-state index is 6.25. The number of aromatic nitrogens is 2. The topological polar surface area (TPSA) is 28.7 Å². The van der Waals surface area contributed by atoms with Crippen molar-refractivity contribution in [2.24, 2.45) is 0 Å². The van der Waals surface area contributed by atoms with Gasteiger partial charge in [0.25, 0.3) is 0 Å². The van der Waals surface area contributed by atoms with E-state index in [4.69, 9.17) is 23.2 Å². The molecular formula is C15H12Cl2N2S. The van der Waals surface area contributed by atoms with Gasteiger partial charge in [-0.15, -0.1) is 0 Å². The zero-order chi connectivity index (χ0) is 14.1. The number of aromatic amines is 1. The summed E-state index contributed by atoms with van der Waals surface area (Å²) >= 11 is 14.2. The number of imidazole rings is 1. The van der Waals surface area contributed by atoms with Crippen molar-refractivity contribution in [3.8, 4) is 11.3 Å². The number of rotatable bonds is 3. The van der Waals surface area contributed by atoms with Crippen molar-refractivity contribution in [2.75, 3.05) is 0 Å². The van der Waals surface area contributed by atoms with Crippen LogP contribution in [-0.2, 0) is 6.42 Å². The van der Waals surface area contributed by atoms with E-state index in [1.165, 1.54) is 5.56 Å². The molecule has 0 aliphatic heterocycles. The van der Waals surface area contributed by atoms with Crippen LogP contribution in [0.2, 0.25) is 10.0 Å². The zero-order valence-electron chi connectivity index (χ0n) is 10.8. The normalized spacial score (nSPS) is 10.9. The van der Waals surface area contributed by atoms with Crippen molar-refractivity contribution in [2.45, 2.75) is 13.3 Å². The highest BCUT2D eigenvalue weighted by molar-refractivity contribution is 7.07. The lowest BCUT2D eigenvalue weighted by atomic mass is 10.1. The minimum Gasteiger partial charge on any atom is -0.345 e. The summed E-state index contributed by atoms with van der Waals surface area (Å²) in [5.74, 6) is 0.923. The van der Waals surface area contributed by atoms with Crippen LogP contribution in [0.15, 0.2) is 35.0 Å². The Morgan fingerprint density at radius 2 is 1.95 bits per heavy atom. The summed E-state index contributed by atoms with van der Waals surface area (Å²) in [5.41, 5.74) is 3.85. The Balaban J connectivity index is 2.01. The molecule has 0 saturated carbocycles.